The summed E-state index contributed by atoms with van der Waals surface area (Å²) < 4.78 is 11.1. The first-order valence-electron chi connectivity index (χ1n) is 7.41. The van der Waals surface area contributed by atoms with Gasteiger partial charge in [-0.1, -0.05) is 12.2 Å². The summed E-state index contributed by atoms with van der Waals surface area (Å²) in [6, 6.07) is 3.89. The molecule has 0 spiro atoms. The Balaban J connectivity index is 2.32. The van der Waals surface area contributed by atoms with Crippen molar-refractivity contribution in [1.29, 1.82) is 0 Å². The lowest BCUT2D eigenvalue weighted by Crippen LogP contribution is -2.33. The molecule has 1 fully saturated rings. The van der Waals surface area contributed by atoms with Crippen LogP contribution in [0.5, 0.6) is 11.5 Å². The van der Waals surface area contributed by atoms with Crippen LogP contribution < -0.4 is 9.47 Å². The Morgan fingerprint density at radius 3 is 1.81 bits per heavy atom. The van der Waals surface area contributed by atoms with E-state index in [4.69, 9.17) is 9.47 Å². The first-order chi connectivity index (χ1) is 9.99. The fourth-order valence-electron chi connectivity index (χ4n) is 4.83. The molecule has 21 heavy (non-hydrogen) atoms. The summed E-state index contributed by atoms with van der Waals surface area (Å²) in [5, 5.41) is 0. The van der Waals surface area contributed by atoms with Crippen molar-refractivity contribution in [3.63, 3.8) is 0 Å². The van der Waals surface area contributed by atoms with Gasteiger partial charge in [0.1, 0.15) is 17.3 Å². The molecule has 1 saturated carbocycles. The maximum atomic E-state index is 12.6. The number of benzene rings is 1. The van der Waals surface area contributed by atoms with E-state index in [0.717, 1.165) is 41.0 Å². The number of allylic oxidation sites excluding steroid dienone is 1. The van der Waals surface area contributed by atoms with Gasteiger partial charge in [0.2, 0.25) is 0 Å². The van der Waals surface area contributed by atoms with Crippen LogP contribution in [-0.2, 0) is 4.79 Å². The molecule has 0 saturated heterocycles. The number of Topliss-reactive ketones (excluding diaryl/α,β-unsaturated/α-hetero) is 1. The predicted octanol–water partition coefficient (Wildman–Crippen LogP) is 3.83. The van der Waals surface area contributed by atoms with Crippen molar-refractivity contribution in [3.05, 3.63) is 35.4 Å². The van der Waals surface area contributed by atoms with Gasteiger partial charge in [-0.05, 0) is 38.8 Å². The molecule has 2 aliphatic rings. The number of hydrogen-bond donors (Lipinski definition) is 0. The van der Waals surface area contributed by atoms with Crippen molar-refractivity contribution in [2.75, 3.05) is 14.2 Å². The highest BCUT2D eigenvalue weighted by Gasteiger charge is 2.62. The first-order valence-corrected chi connectivity index (χ1v) is 7.41. The minimum absolute atomic E-state index is 0.164. The Hall–Kier alpha value is -1.77. The number of ketones is 1. The molecule has 2 aliphatic carbocycles. The van der Waals surface area contributed by atoms with Crippen LogP contribution >= 0.6 is 0 Å². The normalized spacial score (nSPS) is 29.1. The molecule has 0 amide bonds. The lowest BCUT2D eigenvalue weighted by atomic mass is 9.68. The number of hydrogen-bond acceptors (Lipinski definition) is 3. The number of methoxy groups -OCH3 is 2. The molecular weight excluding hydrogens is 264 g/mol. The Kier molecular flexibility index (Phi) is 3.12. The van der Waals surface area contributed by atoms with Gasteiger partial charge in [-0.15, -0.1) is 0 Å². The highest BCUT2D eigenvalue weighted by Crippen LogP contribution is 2.70. The third kappa shape index (κ3) is 1.52. The second kappa shape index (κ2) is 4.62. The molecule has 112 valence electrons. The molecule has 1 aromatic carbocycles. The second-order valence-corrected chi connectivity index (χ2v) is 6.19. The maximum absolute atomic E-state index is 12.6. The van der Waals surface area contributed by atoms with Crippen molar-refractivity contribution in [2.24, 2.45) is 5.41 Å². The summed E-state index contributed by atoms with van der Waals surface area (Å²) in [6.45, 7) is 7.85. The average Bonchev–Trinajstić information content (AvgIpc) is 2.99. The zero-order valence-corrected chi connectivity index (χ0v) is 13.2. The van der Waals surface area contributed by atoms with E-state index in [9.17, 15) is 4.79 Å². The third-order valence-electron chi connectivity index (χ3n) is 5.48. The fourth-order valence-corrected chi connectivity index (χ4v) is 4.83. The monoisotopic (exact) mass is 286 g/mol. The Morgan fingerprint density at radius 1 is 1.10 bits per heavy atom. The molecular formula is C18H22O3. The molecule has 3 heteroatoms. The van der Waals surface area contributed by atoms with Gasteiger partial charge in [0.05, 0.1) is 19.6 Å². The number of ether oxygens (including phenoxy) is 2. The van der Waals surface area contributed by atoms with E-state index >= 15 is 0 Å². The molecule has 0 aromatic heterocycles. The molecule has 3 rings (SSSR count). The molecule has 2 bridgehead atoms. The van der Waals surface area contributed by atoms with Gasteiger partial charge in [0, 0.05) is 23.0 Å². The summed E-state index contributed by atoms with van der Waals surface area (Å²) in [4.78, 5) is 12.6. The number of carbonyl (C=O) groups is 1. The van der Waals surface area contributed by atoms with Crippen LogP contribution in [0.4, 0.5) is 0 Å². The summed E-state index contributed by atoms with van der Waals surface area (Å²) in [6.07, 6.45) is 2.02. The predicted molar refractivity (Wildman–Crippen MR) is 82.2 cm³/mol. The van der Waals surface area contributed by atoms with Crippen LogP contribution in [0.2, 0.25) is 0 Å². The number of fused-ring (bicyclic) bond motifs is 5. The zero-order valence-electron chi connectivity index (χ0n) is 13.2. The van der Waals surface area contributed by atoms with E-state index in [2.05, 4.69) is 6.58 Å². The van der Waals surface area contributed by atoms with Gasteiger partial charge in [0.15, 0.2) is 0 Å². The van der Waals surface area contributed by atoms with Crippen LogP contribution in [0.15, 0.2) is 24.3 Å². The largest absolute Gasteiger partial charge is 0.496 e. The third-order valence-corrected chi connectivity index (χ3v) is 5.48. The summed E-state index contributed by atoms with van der Waals surface area (Å²) in [5.41, 5.74) is 2.80. The van der Waals surface area contributed by atoms with E-state index in [1.807, 2.05) is 19.1 Å². The van der Waals surface area contributed by atoms with E-state index in [1.54, 1.807) is 21.1 Å². The molecule has 1 aromatic rings. The van der Waals surface area contributed by atoms with Gasteiger partial charge in [0.25, 0.3) is 0 Å². The molecule has 0 heterocycles. The molecule has 1 unspecified atom stereocenters. The summed E-state index contributed by atoms with van der Waals surface area (Å²) in [5.74, 6) is 2.27. The minimum atomic E-state index is -0.482. The smallest absolute Gasteiger partial charge is 0.141 e. The number of carbonyl (C=O) groups excluding carboxylic acids is 1. The molecule has 0 N–H and O–H groups in total. The van der Waals surface area contributed by atoms with E-state index in [-0.39, 0.29) is 17.6 Å². The van der Waals surface area contributed by atoms with Crippen LogP contribution in [-0.4, -0.2) is 20.0 Å². The minimum Gasteiger partial charge on any atom is -0.496 e. The zero-order chi connectivity index (χ0) is 15.4. The maximum Gasteiger partial charge on any atom is 0.141 e. The van der Waals surface area contributed by atoms with E-state index in [0.29, 0.717) is 0 Å². The van der Waals surface area contributed by atoms with Crippen LogP contribution in [0.1, 0.15) is 49.7 Å². The van der Waals surface area contributed by atoms with Gasteiger partial charge < -0.3 is 9.47 Å². The Morgan fingerprint density at radius 2 is 1.52 bits per heavy atom. The topological polar surface area (TPSA) is 35.5 Å². The van der Waals surface area contributed by atoms with Crippen molar-refractivity contribution in [3.8, 4) is 11.5 Å². The van der Waals surface area contributed by atoms with Crippen LogP contribution in [0.3, 0.4) is 0 Å². The van der Waals surface area contributed by atoms with Crippen LogP contribution in [0, 0.1) is 5.41 Å². The second-order valence-electron chi connectivity index (χ2n) is 6.19. The SMILES string of the molecule is C=C(C)C1(C(C)=O)[C@@H]2CC[C@H]1c1c(OC)ccc(OC)c12. The summed E-state index contributed by atoms with van der Waals surface area (Å²) >= 11 is 0. The Bertz CT molecular complexity index is 575. The highest BCUT2D eigenvalue weighted by atomic mass is 16.5. The Labute approximate surface area is 125 Å². The number of rotatable bonds is 4. The molecule has 0 radical (unpaired) electrons. The standard InChI is InChI=1S/C18H22O3/c1-10(2)18(11(3)19)12-6-7-13(18)17-15(21-5)9-8-14(20-4)16(12)17/h8-9,12-13H,1,6-7H2,2-5H3/t12-,13+,18?. The highest BCUT2D eigenvalue weighted by molar-refractivity contribution is 5.91. The van der Waals surface area contributed by atoms with Gasteiger partial charge in [-0.2, -0.15) is 0 Å². The molecule has 0 aliphatic heterocycles. The quantitative estimate of drug-likeness (QED) is 0.789. The van der Waals surface area contributed by atoms with Crippen molar-refractivity contribution >= 4 is 5.78 Å². The lowest BCUT2D eigenvalue weighted by Gasteiger charge is -2.33. The van der Waals surface area contributed by atoms with E-state index < -0.39 is 5.41 Å². The van der Waals surface area contributed by atoms with Crippen LogP contribution in [0.25, 0.3) is 0 Å². The average molecular weight is 286 g/mol. The van der Waals surface area contributed by atoms with Crippen molar-refractivity contribution < 1.29 is 14.3 Å². The fraction of sp³-hybridized carbons (Fsp3) is 0.500. The van der Waals surface area contributed by atoms with Crippen molar-refractivity contribution in [1.82, 2.24) is 0 Å². The van der Waals surface area contributed by atoms with Gasteiger partial charge >= 0.3 is 0 Å². The molecule has 3 nitrogen and oxygen atoms in total. The van der Waals surface area contributed by atoms with Gasteiger partial charge in [-0.25, -0.2) is 0 Å². The molecule has 3 atom stereocenters. The van der Waals surface area contributed by atoms with Crippen molar-refractivity contribution in [2.45, 2.75) is 38.5 Å². The first kappa shape index (κ1) is 14.2. The van der Waals surface area contributed by atoms with E-state index in [1.165, 1.54) is 0 Å². The lowest BCUT2D eigenvalue weighted by molar-refractivity contribution is -0.125. The van der Waals surface area contributed by atoms with Gasteiger partial charge in [-0.3, -0.25) is 4.79 Å². The summed E-state index contributed by atoms with van der Waals surface area (Å²) in [7, 11) is 3.37.